The molecule has 2 heterocycles. The fraction of sp³-hybridized carbons (Fsp3) is 0.111. The van der Waals surface area contributed by atoms with Crippen molar-refractivity contribution in [2.45, 2.75) is 17.1 Å². The van der Waals surface area contributed by atoms with Crippen molar-refractivity contribution in [3.05, 3.63) is 29.7 Å². The predicted molar refractivity (Wildman–Crippen MR) is 54.2 cm³/mol. The van der Waals surface area contributed by atoms with Gasteiger partial charge in [0.05, 0.1) is 5.56 Å². The lowest BCUT2D eigenvalue weighted by atomic mass is 10.3. The number of hydrogen-bond donors (Lipinski definition) is 1. The lowest BCUT2D eigenvalue weighted by Crippen LogP contribution is -1.90. The normalized spacial score (nSPS) is 9.87. The fourth-order valence-corrected chi connectivity index (χ4v) is 1.83. The van der Waals surface area contributed by atoms with Crippen molar-refractivity contribution in [2.75, 3.05) is 0 Å². The van der Waals surface area contributed by atoms with E-state index in [2.05, 4.69) is 26.2 Å². The molecule has 0 unspecified atom stereocenters. The van der Waals surface area contributed by atoms with Crippen LogP contribution in [0.4, 0.5) is 0 Å². The molecule has 5 nitrogen and oxygen atoms in total. The standard InChI is InChI=1S/C9H7N5S/c1-6-2-3-7(4-10)8(13-6)15-9-11-5-12-14-9/h2-3,5H,1H3,(H,11,12,14). The summed E-state index contributed by atoms with van der Waals surface area (Å²) in [6, 6.07) is 5.65. The van der Waals surface area contributed by atoms with Crippen molar-refractivity contribution in [3.63, 3.8) is 0 Å². The Labute approximate surface area is 90.6 Å². The molecule has 2 aromatic rings. The Morgan fingerprint density at radius 3 is 3.00 bits per heavy atom. The second-order valence-corrected chi connectivity index (χ2v) is 3.79. The molecular weight excluding hydrogens is 210 g/mol. The highest BCUT2D eigenvalue weighted by atomic mass is 32.2. The third kappa shape index (κ3) is 2.14. The second-order valence-electron chi connectivity index (χ2n) is 2.81. The van der Waals surface area contributed by atoms with Crippen LogP contribution in [0.5, 0.6) is 0 Å². The largest absolute Gasteiger partial charge is 0.254 e. The van der Waals surface area contributed by atoms with E-state index in [4.69, 9.17) is 5.26 Å². The summed E-state index contributed by atoms with van der Waals surface area (Å²) in [6.07, 6.45) is 1.42. The second kappa shape index (κ2) is 4.11. The van der Waals surface area contributed by atoms with Crippen LogP contribution in [-0.4, -0.2) is 20.2 Å². The molecule has 2 rings (SSSR count). The molecule has 0 spiro atoms. The zero-order chi connectivity index (χ0) is 10.7. The summed E-state index contributed by atoms with van der Waals surface area (Å²) in [4.78, 5) is 8.24. The molecule has 0 radical (unpaired) electrons. The van der Waals surface area contributed by atoms with Crippen LogP contribution in [0, 0.1) is 18.3 Å². The van der Waals surface area contributed by atoms with Crippen molar-refractivity contribution in [2.24, 2.45) is 0 Å². The van der Waals surface area contributed by atoms with Gasteiger partial charge >= 0.3 is 0 Å². The summed E-state index contributed by atoms with van der Waals surface area (Å²) in [6.45, 7) is 1.88. The number of aromatic nitrogens is 4. The third-order valence-corrected chi connectivity index (χ3v) is 2.60. The van der Waals surface area contributed by atoms with Crippen molar-refractivity contribution >= 4 is 11.8 Å². The molecule has 1 N–H and O–H groups in total. The van der Waals surface area contributed by atoms with Gasteiger partial charge < -0.3 is 0 Å². The fourth-order valence-electron chi connectivity index (χ4n) is 1.03. The number of H-pyrrole nitrogens is 1. The number of pyridine rings is 1. The molecule has 0 aliphatic rings. The summed E-state index contributed by atoms with van der Waals surface area (Å²) in [7, 11) is 0. The SMILES string of the molecule is Cc1ccc(C#N)c(Sc2ncn[nH]2)n1. The van der Waals surface area contributed by atoms with Crippen molar-refractivity contribution < 1.29 is 0 Å². The van der Waals surface area contributed by atoms with Gasteiger partial charge in [-0.1, -0.05) is 0 Å². The van der Waals surface area contributed by atoms with E-state index in [0.29, 0.717) is 15.7 Å². The zero-order valence-electron chi connectivity index (χ0n) is 7.93. The van der Waals surface area contributed by atoms with E-state index in [1.165, 1.54) is 18.1 Å². The van der Waals surface area contributed by atoms with Crippen LogP contribution in [0.1, 0.15) is 11.3 Å². The first kappa shape index (κ1) is 9.68. The molecule has 15 heavy (non-hydrogen) atoms. The average Bonchev–Trinajstić information content (AvgIpc) is 2.71. The first-order chi connectivity index (χ1) is 7.29. The molecule has 0 aliphatic heterocycles. The number of aromatic amines is 1. The topological polar surface area (TPSA) is 78.2 Å². The zero-order valence-corrected chi connectivity index (χ0v) is 8.75. The Bertz CT molecular complexity index is 500. The van der Waals surface area contributed by atoms with Crippen molar-refractivity contribution in [1.29, 1.82) is 5.26 Å². The number of nitrogens with one attached hydrogen (secondary N) is 1. The molecule has 0 atom stereocenters. The van der Waals surface area contributed by atoms with Crippen molar-refractivity contribution in [1.82, 2.24) is 20.2 Å². The van der Waals surface area contributed by atoms with Crippen LogP contribution < -0.4 is 0 Å². The smallest absolute Gasteiger partial charge is 0.189 e. The molecule has 0 bridgehead atoms. The van der Waals surface area contributed by atoms with Gasteiger partial charge in [-0.3, -0.25) is 5.10 Å². The van der Waals surface area contributed by atoms with Gasteiger partial charge in [-0.05, 0) is 30.8 Å². The number of nitrogens with zero attached hydrogens (tertiary/aromatic N) is 4. The molecular formula is C9H7N5S. The van der Waals surface area contributed by atoms with Gasteiger partial charge in [0.15, 0.2) is 5.16 Å². The summed E-state index contributed by atoms with van der Waals surface area (Å²) < 4.78 is 0. The van der Waals surface area contributed by atoms with E-state index in [0.717, 1.165) is 5.69 Å². The molecule has 0 saturated heterocycles. The van der Waals surface area contributed by atoms with Crippen LogP contribution in [0.2, 0.25) is 0 Å². The van der Waals surface area contributed by atoms with E-state index in [1.807, 2.05) is 13.0 Å². The highest BCUT2D eigenvalue weighted by Gasteiger charge is 2.07. The summed E-state index contributed by atoms with van der Waals surface area (Å²) in [5.41, 5.74) is 1.41. The van der Waals surface area contributed by atoms with E-state index >= 15 is 0 Å². The van der Waals surface area contributed by atoms with Gasteiger partial charge in [0, 0.05) is 5.69 Å². The molecule has 0 aliphatic carbocycles. The molecule has 0 aromatic carbocycles. The quantitative estimate of drug-likeness (QED) is 0.825. The molecule has 74 valence electrons. The van der Waals surface area contributed by atoms with E-state index in [9.17, 15) is 0 Å². The van der Waals surface area contributed by atoms with Gasteiger partial charge in [-0.15, -0.1) is 0 Å². The Kier molecular flexibility index (Phi) is 2.65. The van der Waals surface area contributed by atoms with E-state index in [-0.39, 0.29) is 0 Å². The highest BCUT2D eigenvalue weighted by molar-refractivity contribution is 7.99. The first-order valence-electron chi connectivity index (χ1n) is 4.20. The lowest BCUT2D eigenvalue weighted by Gasteiger charge is -2.00. The van der Waals surface area contributed by atoms with Gasteiger partial charge in [-0.25, -0.2) is 9.97 Å². The minimum Gasteiger partial charge on any atom is -0.254 e. The van der Waals surface area contributed by atoms with Crippen molar-refractivity contribution in [3.8, 4) is 6.07 Å². The Hall–Kier alpha value is -1.87. The van der Waals surface area contributed by atoms with E-state index in [1.54, 1.807) is 6.07 Å². The van der Waals surface area contributed by atoms with Gasteiger partial charge in [0.2, 0.25) is 0 Å². The van der Waals surface area contributed by atoms with E-state index < -0.39 is 0 Å². The monoisotopic (exact) mass is 217 g/mol. The molecule has 6 heteroatoms. The van der Waals surface area contributed by atoms with Gasteiger partial charge in [0.1, 0.15) is 17.4 Å². The maximum atomic E-state index is 8.89. The van der Waals surface area contributed by atoms with Crippen LogP contribution in [-0.2, 0) is 0 Å². The molecule has 2 aromatic heterocycles. The minimum atomic E-state index is 0.544. The van der Waals surface area contributed by atoms with Gasteiger partial charge in [-0.2, -0.15) is 10.4 Å². The minimum absolute atomic E-state index is 0.544. The summed E-state index contributed by atoms with van der Waals surface area (Å²) in [5, 5.41) is 16.6. The maximum Gasteiger partial charge on any atom is 0.189 e. The molecule has 0 saturated carbocycles. The van der Waals surface area contributed by atoms with Crippen LogP contribution >= 0.6 is 11.8 Å². The summed E-state index contributed by atoms with van der Waals surface area (Å²) in [5.74, 6) is 0. The Morgan fingerprint density at radius 2 is 2.33 bits per heavy atom. The van der Waals surface area contributed by atoms with Crippen LogP contribution in [0.25, 0.3) is 0 Å². The summed E-state index contributed by atoms with van der Waals surface area (Å²) >= 11 is 1.30. The predicted octanol–water partition coefficient (Wildman–Crippen LogP) is 1.53. The Morgan fingerprint density at radius 1 is 1.47 bits per heavy atom. The maximum absolute atomic E-state index is 8.89. The van der Waals surface area contributed by atoms with Crippen LogP contribution in [0.15, 0.2) is 28.6 Å². The third-order valence-electron chi connectivity index (χ3n) is 1.71. The Balaban J connectivity index is 2.35. The molecule has 0 fully saturated rings. The van der Waals surface area contributed by atoms with Crippen LogP contribution in [0.3, 0.4) is 0 Å². The number of rotatable bonds is 2. The molecule has 0 amide bonds. The number of aryl methyl sites for hydroxylation is 1. The van der Waals surface area contributed by atoms with Gasteiger partial charge in [0.25, 0.3) is 0 Å². The number of nitriles is 1. The number of hydrogen-bond acceptors (Lipinski definition) is 5. The first-order valence-corrected chi connectivity index (χ1v) is 5.02. The average molecular weight is 217 g/mol. The highest BCUT2D eigenvalue weighted by Crippen LogP contribution is 2.25. The lowest BCUT2D eigenvalue weighted by molar-refractivity contribution is 0.961.